The zero-order valence-electron chi connectivity index (χ0n) is 8.84. The minimum atomic E-state index is -0.911. The monoisotopic (exact) mass is 207 g/mol. The van der Waals surface area contributed by atoms with Gasteiger partial charge in [0.25, 0.3) is 0 Å². The van der Waals surface area contributed by atoms with E-state index < -0.39 is 5.60 Å². The van der Waals surface area contributed by atoms with Gasteiger partial charge in [-0.25, -0.2) is 4.39 Å². The summed E-state index contributed by atoms with van der Waals surface area (Å²) in [4.78, 5) is 3.03. The summed E-state index contributed by atoms with van der Waals surface area (Å²) < 4.78 is 13.1. The number of hydrogen-bond acceptors (Lipinski definition) is 1. The van der Waals surface area contributed by atoms with Crippen LogP contribution in [0.25, 0.3) is 10.9 Å². The highest BCUT2D eigenvalue weighted by Gasteiger charge is 2.23. The molecule has 0 fully saturated rings. The number of nitrogens with one attached hydrogen (secondary N) is 1. The molecule has 0 aliphatic rings. The molecule has 1 aromatic carbocycles. The van der Waals surface area contributed by atoms with E-state index in [0.717, 1.165) is 16.5 Å². The molecule has 2 rings (SSSR count). The van der Waals surface area contributed by atoms with Crippen LogP contribution in [0.1, 0.15) is 25.8 Å². The average molecular weight is 207 g/mol. The van der Waals surface area contributed by atoms with Gasteiger partial charge in [-0.15, -0.1) is 0 Å². The van der Waals surface area contributed by atoms with Crippen LogP contribution < -0.4 is 0 Å². The lowest BCUT2D eigenvalue weighted by molar-refractivity contribution is 0.0546. The van der Waals surface area contributed by atoms with Gasteiger partial charge in [0.15, 0.2) is 0 Å². The van der Waals surface area contributed by atoms with E-state index in [4.69, 9.17) is 0 Å². The number of halogens is 1. The first kappa shape index (κ1) is 10.2. The summed E-state index contributed by atoms with van der Waals surface area (Å²) in [7, 11) is 0. The van der Waals surface area contributed by atoms with Crippen LogP contribution in [0.3, 0.4) is 0 Å². The number of benzene rings is 1. The van der Waals surface area contributed by atoms with E-state index in [0.29, 0.717) is 6.42 Å². The largest absolute Gasteiger partial charge is 0.385 e. The fourth-order valence-electron chi connectivity index (χ4n) is 1.73. The molecule has 0 radical (unpaired) electrons. The van der Waals surface area contributed by atoms with Gasteiger partial charge in [0.1, 0.15) is 5.82 Å². The minimum Gasteiger partial charge on any atom is -0.385 e. The van der Waals surface area contributed by atoms with Gasteiger partial charge in [-0.05, 0) is 31.5 Å². The Labute approximate surface area is 87.7 Å². The number of rotatable bonds is 2. The van der Waals surface area contributed by atoms with Gasteiger partial charge in [-0.2, -0.15) is 0 Å². The number of aromatic amines is 1. The molecule has 2 aromatic rings. The maximum absolute atomic E-state index is 13.1. The van der Waals surface area contributed by atoms with Gasteiger partial charge >= 0.3 is 0 Å². The van der Waals surface area contributed by atoms with Gasteiger partial charge in [0.2, 0.25) is 0 Å². The Balaban J connectivity index is 2.67. The quantitative estimate of drug-likeness (QED) is 0.780. The lowest BCUT2D eigenvalue weighted by Crippen LogP contribution is -2.18. The number of aromatic nitrogens is 1. The van der Waals surface area contributed by atoms with Gasteiger partial charge in [-0.1, -0.05) is 6.92 Å². The highest BCUT2D eigenvalue weighted by molar-refractivity contribution is 5.84. The van der Waals surface area contributed by atoms with Crippen LogP contribution in [-0.2, 0) is 5.60 Å². The van der Waals surface area contributed by atoms with E-state index in [9.17, 15) is 9.50 Å². The molecule has 0 saturated carbocycles. The van der Waals surface area contributed by atoms with Crippen LogP contribution >= 0.6 is 0 Å². The highest BCUT2D eigenvalue weighted by atomic mass is 19.1. The Morgan fingerprint density at radius 3 is 2.87 bits per heavy atom. The van der Waals surface area contributed by atoms with E-state index in [1.165, 1.54) is 12.1 Å². The maximum Gasteiger partial charge on any atom is 0.123 e. The Bertz CT molecular complexity index is 487. The predicted molar refractivity (Wildman–Crippen MR) is 58.1 cm³/mol. The molecule has 1 aromatic heterocycles. The van der Waals surface area contributed by atoms with Crippen molar-refractivity contribution < 1.29 is 9.50 Å². The van der Waals surface area contributed by atoms with E-state index in [1.807, 2.05) is 6.92 Å². The Kier molecular flexibility index (Phi) is 2.27. The summed E-state index contributed by atoms with van der Waals surface area (Å²) in [6.07, 6.45) is 2.34. The summed E-state index contributed by atoms with van der Waals surface area (Å²) in [5, 5.41) is 10.9. The fourth-order valence-corrected chi connectivity index (χ4v) is 1.73. The van der Waals surface area contributed by atoms with Crippen molar-refractivity contribution in [2.45, 2.75) is 25.9 Å². The summed E-state index contributed by atoms with van der Waals surface area (Å²) in [6, 6.07) is 4.54. The first-order valence-corrected chi connectivity index (χ1v) is 5.04. The van der Waals surface area contributed by atoms with E-state index >= 15 is 0 Å². The lowest BCUT2D eigenvalue weighted by Gasteiger charge is -2.20. The van der Waals surface area contributed by atoms with Gasteiger partial charge in [-0.3, -0.25) is 0 Å². The first-order valence-electron chi connectivity index (χ1n) is 5.04. The van der Waals surface area contributed by atoms with Crippen LogP contribution in [0.2, 0.25) is 0 Å². The van der Waals surface area contributed by atoms with Crippen molar-refractivity contribution in [2.24, 2.45) is 0 Å². The van der Waals surface area contributed by atoms with Crippen LogP contribution in [0.4, 0.5) is 4.39 Å². The van der Waals surface area contributed by atoms with Crippen molar-refractivity contribution in [1.29, 1.82) is 0 Å². The van der Waals surface area contributed by atoms with E-state index in [-0.39, 0.29) is 5.82 Å². The van der Waals surface area contributed by atoms with Crippen LogP contribution in [0.5, 0.6) is 0 Å². The Morgan fingerprint density at radius 2 is 2.20 bits per heavy atom. The van der Waals surface area contributed by atoms with Crippen molar-refractivity contribution >= 4 is 10.9 Å². The van der Waals surface area contributed by atoms with E-state index in [1.54, 1.807) is 19.2 Å². The summed E-state index contributed by atoms with van der Waals surface area (Å²) in [5.74, 6) is -0.282. The summed E-state index contributed by atoms with van der Waals surface area (Å²) >= 11 is 0. The second-order valence-corrected chi connectivity index (χ2v) is 4.02. The number of aliphatic hydroxyl groups is 1. The van der Waals surface area contributed by atoms with Crippen molar-refractivity contribution in [3.63, 3.8) is 0 Å². The molecular weight excluding hydrogens is 193 g/mol. The smallest absolute Gasteiger partial charge is 0.123 e. The maximum atomic E-state index is 13.1. The summed E-state index contributed by atoms with van der Waals surface area (Å²) in [6.45, 7) is 3.64. The molecule has 2 nitrogen and oxygen atoms in total. The normalized spacial score (nSPS) is 15.5. The van der Waals surface area contributed by atoms with Crippen molar-refractivity contribution in [3.8, 4) is 0 Å². The lowest BCUT2D eigenvalue weighted by atomic mass is 9.93. The molecule has 1 heterocycles. The highest BCUT2D eigenvalue weighted by Crippen LogP contribution is 2.31. The molecule has 15 heavy (non-hydrogen) atoms. The first-order chi connectivity index (χ1) is 7.04. The third-order valence-corrected chi connectivity index (χ3v) is 2.91. The van der Waals surface area contributed by atoms with E-state index in [2.05, 4.69) is 4.98 Å². The predicted octanol–water partition coefficient (Wildman–Crippen LogP) is 2.92. The number of H-pyrrole nitrogens is 1. The fraction of sp³-hybridized carbons (Fsp3) is 0.333. The van der Waals surface area contributed by atoms with Gasteiger partial charge in [0, 0.05) is 22.7 Å². The molecule has 0 aliphatic heterocycles. The van der Waals surface area contributed by atoms with Crippen molar-refractivity contribution in [2.75, 3.05) is 0 Å². The second kappa shape index (κ2) is 3.35. The van der Waals surface area contributed by atoms with Crippen molar-refractivity contribution in [3.05, 3.63) is 35.8 Å². The third-order valence-electron chi connectivity index (χ3n) is 2.91. The standard InChI is InChI=1S/C12H14FNO/c1-3-12(2,15)10-7-14-11-5-4-8(13)6-9(10)11/h4-7,14-15H,3H2,1-2H3. The summed E-state index contributed by atoms with van der Waals surface area (Å²) in [5.41, 5.74) is 0.686. The molecule has 3 heteroatoms. The topological polar surface area (TPSA) is 36.0 Å². The molecule has 0 bridgehead atoms. The van der Waals surface area contributed by atoms with Crippen molar-refractivity contribution in [1.82, 2.24) is 4.98 Å². The number of hydrogen-bond donors (Lipinski definition) is 2. The molecular formula is C12H14FNO. The van der Waals surface area contributed by atoms with Crippen LogP contribution in [0.15, 0.2) is 24.4 Å². The molecule has 0 spiro atoms. The zero-order chi connectivity index (χ0) is 11.1. The van der Waals surface area contributed by atoms with Crippen LogP contribution in [-0.4, -0.2) is 10.1 Å². The molecule has 0 saturated heterocycles. The number of fused-ring (bicyclic) bond motifs is 1. The molecule has 0 aliphatic carbocycles. The Hall–Kier alpha value is -1.35. The molecule has 80 valence electrons. The minimum absolute atomic E-state index is 0.282. The molecule has 1 atom stereocenters. The molecule has 2 N–H and O–H groups in total. The zero-order valence-corrected chi connectivity index (χ0v) is 8.84. The van der Waals surface area contributed by atoms with Gasteiger partial charge < -0.3 is 10.1 Å². The average Bonchev–Trinajstić information content (AvgIpc) is 2.61. The van der Waals surface area contributed by atoms with Crippen LogP contribution in [0, 0.1) is 5.82 Å². The SMILES string of the molecule is CCC(C)(O)c1c[nH]c2ccc(F)cc12. The molecule has 1 unspecified atom stereocenters. The third kappa shape index (κ3) is 1.63. The van der Waals surface area contributed by atoms with Gasteiger partial charge in [0.05, 0.1) is 5.60 Å². The molecule has 0 amide bonds. The Morgan fingerprint density at radius 1 is 1.47 bits per heavy atom. The second-order valence-electron chi connectivity index (χ2n) is 4.02.